The van der Waals surface area contributed by atoms with Crippen LogP contribution in [-0.4, -0.2) is 72.8 Å². The first-order chi connectivity index (χ1) is 22.8. The largest absolute Gasteiger partial charge is 0.471 e. The minimum atomic E-state index is -5.05. The first kappa shape index (κ1) is 40.9. The second kappa shape index (κ2) is 15.0. The van der Waals surface area contributed by atoms with Crippen LogP contribution < -0.4 is 16.5 Å². The molecular formula is C33H48F3N5O7Si2. The molecule has 0 radical (unpaired) electrons. The fourth-order valence-electron chi connectivity index (χ4n) is 4.73. The molecule has 1 aliphatic heterocycles. The molecule has 2 N–H and O–H groups in total. The van der Waals surface area contributed by atoms with Crippen LogP contribution in [0.5, 0.6) is 0 Å². The molecule has 0 bridgehead atoms. The summed E-state index contributed by atoms with van der Waals surface area (Å²) in [5.74, 6) is 2.73. The van der Waals surface area contributed by atoms with E-state index in [1.165, 1.54) is 22.8 Å². The molecule has 276 valence electrons. The Hall–Kier alpha value is -3.57. The van der Waals surface area contributed by atoms with Crippen molar-refractivity contribution >= 4 is 28.1 Å². The summed E-state index contributed by atoms with van der Waals surface area (Å²) in [5.41, 5.74) is 0.0222. The van der Waals surface area contributed by atoms with Gasteiger partial charge in [-0.15, -0.1) is 0 Å². The number of aromatic nitrogens is 2. The third-order valence-electron chi connectivity index (χ3n) is 9.87. The Balaban J connectivity index is 1.97. The zero-order chi connectivity index (χ0) is 38.0. The van der Waals surface area contributed by atoms with Gasteiger partial charge < -0.3 is 23.8 Å². The van der Waals surface area contributed by atoms with Gasteiger partial charge in [0.1, 0.15) is 17.8 Å². The summed E-state index contributed by atoms with van der Waals surface area (Å²) in [6.07, 6.45) is -5.49. The van der Waals surface area contributed by atoms with Crippen molar-refractivity contribution in [1.82, 2.24) is 14.1 Å². The maximum Gasteiger partial charge on any atom is 0.471 e. The van der Waals surface area contributed by atoms with E-state index < -0.39 is 58.5 Å². The van der Waals surface area contributed by atoms with Crippen LogP contribution in [0.1, 0.15) is 65.3 Å². The first-order valence-electron chi connectivity index (χ1n) is 16.2. The SMILES string of the molecule is CC(C)(C)[Si](C)(C)OC[C@H]1O[C@@H](n2ccc(=NCc3ccc(C#CCNC(=O)C(F)(F)F)cc3[N+](=O)[O-])n([Si](C)(C)C(C)(C)C)c2=O)C[C@@H]1O. The van der Waals surface area contributed by atoms with Crippen molar-refractivity contribution < 1.29 is 37.2 Å². The van der Waals surface area contributed by atoms with Gasteiger partial charge in [-0.25, -0.2) is 4.79 Å². The van der Waals surface area contributed by atoms with Crippen molar-refractivity contribution in [3.63, 3.8) is 0 Å². The maximum absolute atomic E-state index is 14.3. The van der Waals surface area contributed by atoms with Crippen molar-refractivity contribution in [2.45, 2.75) is 115 Å². The van der Waals surface area contributed by atoms with E-state index in [2.05, 4.69) is 50.7 Å². The molecule has 0 spiro atoms. The van der Waals surface area contributed by atoms with Gasteiger partial charge in [0.2, 0.25) is 0 Å². The molecule has 1 fully saturated rings. The molecule has 1 aliphatic rings. The first-order valence-corrected chi connectivity index (χ1v) is 22.1. The van der Waals surface area contributed by atoms with Gasteiger partial charge >= 0.3 is 17.8 Å². The lowest BCUT2D eigenvalue weighted by Gasteiger charge is -2.38. The number of amides is 1. The van der Waals surface area contributed by atoms with Crippen LogP contribution in [0.4, 0.5) is 18.9 Å². The molecule has 0 aliphatic carbocycles. The zero-order valence-electron chi connectivity index (χ0n) is 30.3. The molecule has 12 nitrogen and oxygen atoms in total. The number of hydrogen-bond acceptors (Lipinski definition) is 8. The van der Waals surface area contributed by atoms with Gasteiger partial charge in [-0.2, -0.15) is 13.2 Å². The molecular weight excluding hydrogens is 692 g/mol. The lowest BCUT2D eigenvalue weighted by molar-refractivity contribution is -0.385. The molecule has 3 rings (SSSR count). The van der Waals surface area contributed by atoms with Crippen LogP contribution >= 0.6 is 0 Å². The quantitative estimate of drug-likeness (QED) is 0.155. The molecule has 1 amide bonds. The minimum absolute atomic E-state index is 0.0276. The third-order valence-corrected chi connectivity index (χ3v) is 19.6. The maximum atomic E-state index is 14.3. The summed E-state index contributed by atoms with van der Waals surface area (Å²) >= 11 is 0. The zero-order valence-corrected chi connectivity index (χ0v) is 32.3. The van der Waals surface area contributed by atoms with Crippen molar-refractivity contribution in [2.75, 3.05) is 13.2 Å². The molecule has 1 aromatic heterocycles. The number of carbonyl (C=O) groups excluding carboxylic acids is 1. The van der Waals surface area contributed by atoms with Gasteiger partial charge in [-0.05, 0) is 41.4 Å². The molecule has 2 aromatic rings. The number of nitrogens with one attached hydrogen (secondary N) is 1. The van der Waals surface area contributed by atoms with Crippen LogP contribution in [0.2, 0.25) is 36.3 Å². The Bertz CT molecular complexity index is 1780. The van der Waals surface area contributed by atoms with Gasteiger partial charge in [0.05, 0.1) is 36.3 Å². The minimum Gasteiger partial charge on any atom is -0.414 e. The average molecular weight is 740 g/mol. The fraction of sp³-hybridized carbons (Fsp3) is 0.606. The predicted octanol–water partition coefficient (Wildman–Crippen LogP) is 5.21. The molecule has 3 atom stereocenters. The van der Waals surface area contributed by atoms with E-state index >= 15 is 0 Å². The fourth-order valence-corrected chi connectivity index (χ4v) is 7.72. The highest BCUT2D eigenvalue weighted by atomic mass is 28.4. The topological polar surface area (TPSA) is 150 Å². The standard InChI is InChI=1S/C33H48F3N5O7Si2/c1-31(2,3)49(7,8)40-27(15-17-39(30(40)44)28-19-25(42)26(48-28)21-47-50(9,10)32(4,5)6)38-20-23-14-13-22(18-24(23)41(45)46)12-11-16-37-29(43)33(34,35)36/h13-15,17-18,25-26,28,42H,16,19-21H2,1-10H3,(H,37,43)/t25-,26+,28+/m0/s1. The molecule has 17 heteroatoms. The molecule has 0 unspecified atom stereocenters. The van der Waals surface area contributed by atoms with Crippen LogP contribution in [-0.2, 0) is 20.5 Å². The lowest BCUT2D eigenvalue weighted by Crippen LogP contribution is -2.58. The number of carbonyl (C=O) groups is 1. The number of aliphatic hydroxyl groups excluding tert-OH is 1. The van der Waals surface area contributed by atoms with Crippen LogP contribution in [0, 0.1) is 22.0 Å². The lowest BCUT2D eigenvalue weighted by atomic mass is 10.1. The number of benzene rings is 1. The number of hydrogen-bond donors (Lipinski definition) is 2. The normalized spacial score (nSPS) is 19.2. The van der Waals surface area contributed by atoms with Crippen LogP contribution in [0.15, 0.2) is 40.2 Å². The molecule has 50 heavy (non-hydrogen) atoms. The molecule has 1 aromatic carbocycles. The molecule has 2 heterocycles. The molecule has 0 saturated carbocycles. The Kier molecular flexibility index (Phi) is 12.2. The van der Waals surface area contributed by atoms with Gasteiger partial charge in [-0.3, -0.25) is 24.5 Å². The Morgan fingerprint density at radius 1 is 1.14 bits per heavy atom. The number of nitro groups is 1. The summed E-state index contributed by atoms with van der Waals surface area (Å²) in [4.78, 5) is 41.3. The number of nitrogens with zero attached hydrogens (tertiary/aromatic N) is 4. The van der Waals surface area contributed by atoms with Crippen LogP contribution in [0.3, 0.4) is 0 Å². The summed E-state index contributed by atoms with van der Waals surface area (Å²) in [6.45, 7) is 20.2. The van der Waals surface area contributed by atoms with Crippen LogP contribution in [0.25, 0.3) is 0 Å². The second-order valence-electron chi connectivity index (χ2n) is 15.4. The van der Waals surface area contributed by atoms with Crippen molar-refractivity contribution in [3.05, 3.63) is 67.7 Å². The predicted molar refractivity (Wildman–Crippen MR) is 187 cm³/mol. The Labute approximate surface area is 292 Å². The molecule has 1 saturated heterocycles. The summed E-state index contributed by atoms with van der Waals surface area (Å²) < 4.78 is 52.8. The highest BCUT2D eigenvalue weighted by Gasteiger charge is 2.43. The van der Waals surface area contributed by atoms with Gasteiger partial charge in [-0.1, -0.05) is 66.5 Å². The van der Waals surface area contributed by atoms with E-state index in [0.717, 1.165) is 0 Å². The number of alkyl halides is 3. The van der Waals surface area contributed by atoms with Gasteiger partial charge in [0.15, 0.2) is 16.6 Å². The monoisotopic (exact) mass is 739 g/mol. The van der Waals surface area contributed by atoms with E-state index in [1.807, 2.05) is 33.9 Å². The van der Waals surface area contributed by atoms with E-state index in [4.69, 9.17) is 9.16 Å². The van der Waals surface area contributed by atoms with Crippen molar-refractivity contribution in [3.8, 4) is 11.8 Å². The number of nitro benzene ring substituents is 1. The second-order valence-corrected chi connectivity index (χ2v) is 25.3. The average Bonchev–Trinajstić information content (AvgIpc) is 3.35. The highest BCUT2D eigenvalue weighted by Crippen LogP contribution is 2.38. The van der Waals surface area contributed by atoms with Gasteiger partial charge in [0.25, 0.3) is 5.69 Å². The van der Waals surface area contributed by atoms with Gasteiger partial charge in [0, 0.05) is 24.2 Å². The van der Waals surface area contributed by atoms with E-state index in [1.54, 1.807) is 21.8 Å². The van der Waals surface area contributed by atoms with E-state index in [0.29, 0.717) is 5.49 Å². The number of halogens is 3. The Morgan fingerprint density at radius 2 is 1.78 bits per heavy atom. The highest BCUT2D eigenvalue weighted by molar-refractivity contribution is 6.78. The summed E-state index contributed by atoms with van der Waals surface area (Å²) in [5, 5.41) is 24.1. The smallest absolute Gasteiger partial charge is 0.414 e. The summed E-state index contributed by atoms with van der Waals surface area (Å²) in [6, 6.07) is 5.75. The Morgan fingerprint density at radius 3 is 2.34 bits per heavy atom. The van der Waals surface area contributed by atoms with Crippen molar-refractivity contribution in [2.24, 2.45) is 4.99 Å². The van der Waals surface area contributed by atoms with E-state index in [9.17, 15) is 38.0 Å². The number of aliphatic hydroxyl groups is 1. The summed E-state index contributed by atoms with van der Waals surface area (Å²) in [7, 11) is -4.78. The van der Waals surface area contributed by atoms with E-state index in [-0.39, 0.29) is 52.2 Å². The number of rotatable bonds is 9. The number of ether oxygens (including phenoxy) is 1. The van der Waals surface area contributed by atoms with Crippen molar-refractivity contribution in [1.29, 1.82) is 0 Å². The third kappa shape index (κ3) is 9.40.